The highest BCUT2D eigenvalue weighted by Gasteiger charge is 2.13. The van der Waals surface area contributed by atoms with Gasteiger partial charge in [-0.3, -0.25) is 4.79 Å². The van der Waals surface area contributed by atoms with Crippen molar-refractivity contribution in [2.24, 2.45) is 11.5 Å². The van der Waals surface area contributed by atoms with E-state index < -0.39 is 5.91 Å². The van der Waals surface area contributed by atoms with Gasteiger partial charge in [-0.05, 0) is 43.7 Å². The van der Waals surface area contributed by atoms with E-state index in [1.165, 1.54) is 0 Å². The minimum atomic E-state index is -0.476. The highest BCUT2D eigenvalue weighted by molar-refractivity contribution is 7.80. The van der Waals surface area contributed by atoms with E-state index in [1.54, 1.807) is 24.3 Å². The number of nitrogens with two attached hydrogens (primary N) is 2. The number of hydrogen-bond acceptors (Lipinski definition) is 5. The predicted molar refractivity (Wildman–Crippen MR) is 85.6 cm³/mol. The molecule has 21 heavy (non-hydrogen) atoms. The first-order chi connectivity index (χ1) is 9.90. The molecular weight excluding hydrogens is 286 g/mol. The standard InChI is InChI=1S/C14H15N5OS/c1-7-8(2)18-19-14(11(7)13(16)21)17-10-5-3-9(4-6-10)12(15)20/h3-6H,1-2H3,(H2,15,20)(H2,16,21)(H,17,19). The first-order valence-electron chi connectivity index (χ1n) is 6.20. The van der Waals surface area contributed by atoms with Gasteiger partial charge in [0.2, 0.25) is 5.91 Å². The number of aryl methyl sites for hydroxylation is 1. The van der Waals surface area contributed by atoms with Crippen LogP contribution in [0.25, 0.3) is 0 Å². The highest BCUT2D eigenvalue weighted by atomic mass is 32.1. The Hall–Kier alpha value is -2.54. The van der Waals surface area contributed by atoms with Gasteiger partial charge in [-0.25, -0.2) is 0 Å². The number of thiocarbonyl (C=S) groups is 1. The van der Waals surface area contributed by atoms with Gasteiger partial charge in [-0.15, -0.1) is 5.10 Å². The van der Waals surface area contributed by atoms with E-state index in [0.29, 0.717) is 16.9 Å². The van der Waals surface area contributed by atoms with Gasteiger partial charge in [0.15, 0.2) is 5.82 Å². The molecule has 0 aliphatic rings. The molecule has 2 aromatic rings. The molecule has 5 N–H and O–H groups in total. The molecule has 0 bridgehead atoms. The fourth-order valence-corrected chi connectivity index (χ4v) is 2.10. The average molecular weight is 301 g/mol. The Morgan fingerprint density at radius 3 is 2.29 bits per heavy atom. The monoisotopic (exact) mass is 301 g/mol. The van der Waals surface area contributed by atoms with E-state index in [4.69, 9.17) is 23.7 Å². The maximum atomic E-state index is 11.0. The fourth-order valence-electron chi connectivity index (χ4n) is 1.85. The molecule has 0 spiro atoms. The van der Waals surface area contributed by atoms with E-state index in [0.717, 1.165) is 16.9 Å². The van der Waals surface area contributed by atoms with Gasteiger partial charge in [0, 0.05) is 11.3 Å². The van der Waals surface area contributed by atoms with Crippen molar-refractivity contribution in [3.8, 4) is 0 Å². The van der Waals surface area contributed by atoms with Crippen LogP contribution in [0.2, 0.25) is 0 Å². The number of hydrogen-bond donors (Lipinski definition) is 3. The number of aromatic nitrogens is 2. The SMILES string of the molecule is Cc1nnc(Nc2ccc(C(N)=O)cc2)c(C(N)=S)c1C. The van der Waals surface area contributed by atoms with Crippen molar-refractivity contribution >= 4 is 34.6 Å². The van der Waals surface area contributed by atoms with Crippen LogP contribution >= 0.6 is 12.2 Å². The van der Waals surface area contributed by atoms with Crippen molar-refractivity contribution < 1.29 is 4.79 Å². The summed E-state index contributed by atoms with van der Waals surface area (Å²) >= 11 is 5.08. The third-order valence-corrected chi connectivity index (χ3v) is 3.34. The molecule has 1 aromatic heterocycles. The molecule has 0 aliphatic heterocycles. The van der Waals surface area contributed by atoms with Gasteiger partial charge in [0.25, 0.3) is 0 Å². The van der Waals surface area contributed by atoms with Gasteiger partial charge < -0.3 is 16.8 Å². The Kier molecular flexibility index (Phi) is 4.13. The zero-order chi connectivity index (χ0) is 15.6. The van der Waals surface area contributed by atoms with Crippen molar-refractivity contribution in [3.05, 3.63) is 46.6 Å². The number of carbonyl (C=O) groups excluding carboxylic acids is 1. The first-order valence-corrected chi connectivity index (χ1v) is 6.61. The number of benzene rings is 1. The second-order valence-corrected chi connectivity index (χ2v) is 5.00. The van der Waals surface area contributed by atoms with Crippen LogP contribution < -0.4 is 16.8 Å². The third kappa shape index (κ3) is 3.14. The number of carbonyl (C=O) groups is 1. The number of rotatable bonds is 4. The summed E-state index contributed by atoms with van der Waals surface area (Å²) in [7, 11) is 0. The Balaban J connectivity index is 2.37. The Morgan fingerprint density at radius 1 is 1.14 bits per heavy atom. The Labute approximate surface area is 127 Å². The smallest absolute Gasteiger partial charge is 0.248 e. The van der Waals surface area contributed by atoms with E-state index in [2.05, 4.69) is 15.5 Å². The van der Waals surface area contributed by atoms with Crippen molar-refractivity contribution in [2.45, 2.75) is 13.8 Å². The number of amides is 1. The van der Waals surface area contributed by atoms with Crippen LogP contribution in [0, 0.1) is 13.8 Å². The lowest BCUT2D eigenvalue weighted by Crippen LogP contribution is -2.17. The lowest BCUT2D eigenvalue weighted by atomic mass is 10.1. The minimum absolute atomic E-state index is 0.252. The fraction of sp³-hybridized carbons (Fsp3) is 0.143. The summed E-state index contributed by atoms with van der Waals surface area (Å²) in [6.07, 6.45) is 0. The molecule has 0 saturated heterocycles. The third-order valence-electron chi connectivity index (χ3n) is 3.13. The molecule has 0 saturated carbocycles. The normalized spacial score (nSPS) is 10.2. The topological polar surface area (TPSA) is 107 Å². The molecule has 108 valence electrons. The molecule has 6 nitrogen and oxygen atoms in total. The molecule has 0 aliphatic carbocycles. The van der Waals surface area contributed by atoms with Gasteiger partial charge >= 0.3 is 0 Å². The number of nitrogens with zero attached hydrogens (tertiary/aromatic N) is 2. The summed E-state index contributed by atoms with van der Waals surface area (Å²) in [6.45, 7) is 3.73. The van der Waals surface area contributed by atoms with E-state index in [-0.39, 0.29) is 4.99 Å². The summed E-state index contributed by atoms with van der Waals surface area (Å²) in [5.74, 6) is 0.00812. The quantitative estimate of drug-likeness (QED) is 0.740. The summed E-state index contributed by atoms with van der Waals surface area (Å²) < 4.78 is 0. The minimum Gasteiger partial charge on any atom is -0.389 e. The second kappa shape index (κ2) is 5.84. The number of nitrogens with one attached hydrogen (secondary N) is 1. The van der Waals surface area contributed by atoms with Crippen LogP contribution in [0.1, 0.15) is 27.2 Å². The van der Waals surface area contributed by atoms with Crippen LogP contribution in [-0.4, -0.2) is 21.1 Å². The highest BCUT2D eigenvalue weighted by Crippen LogP contribution is 2.22. The molecule has 0 unspecified atom stereocenters. The number of anilines is 2. The van der Waals surface area contributed by atoms with Crippen molar-refractivity contribution in [2.75, 3.05) is 5.32 Å². The molecule has 1 heterocycles. The Morgan fingerprint density at radius 2 is 1.76 bits per heavy atom. The molecule has 1 aromatic carbocycles. The maximum Gasteiger partial charge on any atom is 0.248 e. The van der Waals surface area contributed by atoms with Gasteiger partial charge in [-0.1, -0.05) is 12.2 Å². The lowest BCUT2D eigenvalue weighted by molar-refractivity contribution is 0.100. The zero-order valence-corrected chi connectivity index (χ0v) is 12.5. The predicted octanol–water partition coefficient (Wildman–Crippen LogP) is 1.57. The zero-order valence-electron chi connectivity index (χ0n) is 11.7. The second-order valence-electron chi connectivity index (χ2n) is 4.56. The Bertz CT molecular complexity index is 712. The molecule has 1 amide bonds. The first kappa shape index (κ1) is 14.9. The van der Waals surface area contributed by atoms with E-state index in [1.807, 2.05) is 13.8 Å². The van der Waals surface area contributed by atoms with Crippen molar-refractivity contribution in [1.29, 1.82) is 0 Å². The molecule has 7 heteroatoms. The van der Waals surface area contributed by atoms with Crippen LogP contribution in [0.15, 0.2) is 24.3 Å². The summed E-state index contributed by atoms with van der Waals surface area (Å²) in [6, 6.07) is 6.69. The number of primary amides is 1. The largest absolute Gasteiger partial charge is 0.389 e. The van der Waals surface area contributed by atoms with Crippen molar-refractivity contribution in [1.82, 2.24) is 10.2 Å². The summed E-state index contributed by atoms with van der Waals surface area (Å²) in [5, 5.41) is 11.2. The van der Waals surface area contributed by atoms with E-state index >= 15 is 0 Å². The van der Waals surface area contributed by atoms with Crippen LogP contribution in [0.5, 0.6) is 0 Å². The van der Waals surface area contributed by atoms with Crippen LogP contribution in [0.3, 0.4) is 0 Å². The molecule has 0 atom stereocenters. The molecule has 2 rings (SSSR count). The maximum absolute atomic E-state index is 11.0. The molecule has 0 fully saturated rings. The van der Waals surface area contributed by atoms with Gasteiger partial charge in [-0.2, -0.15) is 5.10 Å². The average Bonchev–Trinajstić information content (AvgIpc) is 2.43. The van der Waals surface area contributed by atoms with Crippen LogP contribution in [0.4, 0.5) is 11.5 Å². The van der Waals surface area contributed by atoms with Crippen molar-refractivity contribution in [3.63, 3.8) is 0 Å². The lowest BCUT2D eigenvalue weighted by Gasteiger charge is -2.13. The van der Waals surface area contributed by atoms with Crippen LogP contribution in [-0.2, 0) is 0 Å². The molecular formula is C14H15N5OS. The molecule has 0 radical (unpaired) electrons. The summed E-state index contributed by atoms with van der Waals surface area (Å²) in [5.41, 5.74) is 14.4. The van der Waals surface area contributed by atoms with E-state index in [9.17, 15) is 4.79 Å². The van der Waals surface area contributed by atoms with Gasteiger partial charge in [0.05, 0.1) is 11.3 Å². The van der Waals surface area contributed by atoms with Gasteiger partial charge in [0.1, 0.15) is 4.99 Å². The summed E-state index contributed by atoms with van der Waals surface area (Å²) in [4.78, 5) is 11.3.